The molecule has 1 aliphatic carbocycles. The van der Waals surface area contributed by atoms with Gasteiger partial charge in [0.2, 0.25) is 5.91 Å². The van der Waals surface area contributed by atoms with E-state index in [-0.39, 0.29) is 29.8 Å². The molecule has 0 aromatic heterocycles. The molecule has 1 heterocycles. The van der Waals surface area contributed by atoms with Gasteiger partial charge in [-0.1, -0.05) is 18.2 Å². The van der Waals surface area contributed by atoms with Gasteiger partial charge in [-0.25, -0.2) is 4.79 Å². The lowest BCUT2D eigenvalue weighted by atomic mass is 9.86. The largest absolute Gasteiger partial charge is 0.481 e. The smallest absolute Gasteiger partial charge is 0.317 e. The minimum atomic E-state index is -0.747. The number of hydrogen-bond acceptors (Lipinski definition) is 3. The number of carboxylic acids is 1. The second kappa shape index (κ2) is 8.41. The molecule has 1 atom stereocenters. The lowest BCUT2D eigenvalue weighted by molar-refractivity contribution is -0.142. The van der Waals surface area contributed by atoms with Gasteiger partial charge >= 0.3 is 12.0 Å². The summed E-state index contributed by atoms with van der Waals surface area (Å²) in [6, 6.07) is 9.36. The Labute approximate surface area is 159 Å². The van der Waals surface area contributed by atoms with Crippen molar-refractivity contribution in [1.29, 1.82) is 0 Å². The molecule has 1 aromatic rings. The monoisotopic (exact) mass is 373 g/mol. The maximum absolute atomic E-state index is 12.7. The van der Waals surface area contributed by atoms with Gasteiger partial charge in [-0.2, -0.15) is 0 Å². The highest BCUT2D eigenvalue weighted by Crippen LogP contribution is 2.26. The summed E-state index contributed by atoms with van der Waals surface area (Å²) in [5.41, 5.74) is 0.848. The second-order valence-electron chi connectivity index (χ2n) is 7.50. The van der Waals surface area contributed by atoms with Crippen LogP contribution in [0.5, 0.6) is 0 Å². The molecule has 146 valence electrons. The summed E-state index contributed by atoms with van der Waals surface area (Å²) in [7, 11) is 1.77. The molecule has 1 aromatic carbocycles. The van der Waals surface area contributed by atoms with Gasteiger partial charge in [-0.3, -0.25) is 9.59 Å². The standard InChI is InChI=1S/C20H27N3O4/c1-22(17-5-3-2-4-6-17)18(24)15-11-12-23(13-15)20(27)21-16-9-7-14(8-10-16)19(25)26/h2-6,14-16H,7-13H2,1H3,(H,21,27)(H,25,26). The number of rotatable bonds is 4. The third-order valence-corrected chi connectivity index (χ3v) is 5.70. The van der Waals surface area contributed by atoms with Crippen LogP contribution in [0.15, 0.2) is 30.3 Å². The first-order valence-electron chi connectivity index (χ1n) is 9.56. The summed E-state index contributed by atoms with van der Waals surface area (Å²) in [5.74, 6) is -1.20. The van der Waals surface area contributed by atoms with Crippen LogP contribution in [0.2, 0.25) is 0 Å². The number of likely N-dealkylation sites (tertiary alicyclic amines) is 1. The third kappa shape index (κ3) is 4.59. The van der Waals surface area contributed by atoms with Gasteiger partial charge in [0, 0.05) is 31.9 Å². The van der Waals surface area contributed by atoms with Crippen LogP contribution in [-0.2, 0) is 9.59 Å². The molecule has 1 saturated carbocycles. The minimum Gasteiger partial charge on any atom is -0.481 e. The number of para-hydroxylation sites is 1. The summed E-state index contributed by atoms with van der Waals surface area (Å²) in [5, 5.41) is 12.1. The highest BCUT2D eigenvalue weighted by Gasteiger charge is 2.34. The lowest BCUT2D eigenvalue weighted by Gasteiger charge is -2.29. The number of aliphatic carboxylic acids is 1. The van der Waals surface area contributed by atoms with Crippen LogP contribution in [0.4, 0.5) is 10.5 Å². The van der Waals surface area contributed by atoms with E-state index in [1.54, 1.807) is 16.8 Å². The predicted molar refractivity (Wildman–Crippen MR) is 101 cm³/mol. The molecular formula is C20H27N3O4. The van der Waals surface area contributed by atoms with Crippen LogP contribution in [0, 0.1) is 11.8 Å². The van der Waals surface area contributed by atoms with Crippen molar-refractivity contribution in [2.75, 3.05) is 25.0 Å². The van der Waals surface area contributed by atoms with E-state index < -0.39 is 5.97 Å². The molecule has 1 unspecified atom stereocenters. The highest BCUT2D eigenvalue weighted by atomic mass is 16.4. The summed E-state index contributed by atoms with van der Waals surface area (Å²) in [6.45, 7) is 0.988. The molecule has 1 saturated heterocycles. The normalized spacial score (nSPS) is 25.1. The molecule has 3 amide bonds. The minimum absolute atomic E-state index is 0.0230. The topological polar surface area (TPSA) is 90.0 Å². The zero-order chi connectivity index (χ0) is 19.4. The molecule has 2 fully saturated rings. The Morgan fingerprint density at radius 1 is 1.04 bits per heavy atom. The molecule has 2 aliphatic rings. The number of urea groups is 1. The van der Waals surface area contributed by atoms with E-state index in [0.29, 0.717) is 45.2 Å². The van der Waals surface area contributed by atoms with Gasteiger partial charge < -0.3 is 20.2 Å². The van der Waals surface area contributed by atoms with E-state index in [2.05, 4.69) is 5.32 Å². The summed E-state index contributed by atoms with van der Waals surface area (Å²) >= 11 is 0. The van der Waals surface area contributed by atoms with E-state index in [0.717, 1.165) is 5.69 Å². The van der Waals surface area contributed by atoms with Gasteiger partial charge in [-0.05, 0) is 44.2 Å². The van der Waals surface area contributed by atoms with Gasteiger partial charge in [0.05, 0.1) is 11.8 Å². The van der Waals surface area contributed by atoms with Crippen LogP contribution in [-0.4, -0.2) is 54.1 Å². The fourth-order valence-corrected chi connectivity index (χ4v) is 3.95. The van der Waals surface area contributed by atoms with E-state index in [1.807, 2.05) is 30.3 Å². The van der Waals surface area contributed by atoms with Gasteiger partial charge in [0.1, 0.15) is 0 Å². The van der Waals surface area contributed by atoms with Crippen LogP contribution in [0.3, 0.4) is 0 Å². The molecule has 7 nitrogen and oxygen atoms in total. The number of carbonyl (C=O) groups excluding carboxylic acids is 2. The lowest BCUT2D eigenvalue weighted by Crippen LogP contribution is -2.46. The molecule has 1 aliphatic heterocycles. The Morgan fingerprint density at radius 2 is 1.70 bits per heavy atom. The number of nitrogens with one attached hydrogen (secondary N) is 1. The Balaban J connectivity index is 1.48. The third-order valence-electron chi connectivity index (χ3n) is 5.70. The highest BCUT2D eigenvalue weighted by molar-refractivity contribution is 5.95. The Morgan fingerprint density at radius 3 is 2.33 bits per heavy atom. The first-order valence-corrected chi connectivity index (χ1v) is 9.56. The zero-order valence-electron chi connectivity index (χ0n) is 15.6. The molecule has 0 bridgehead atoms. The molecule has 0 spiro atoms. The Kier molecular flexibility index (Phi) is 5.98. The van der Waals surface area contributed by atoms with Crippen LogP contribution in [0.25, 0.3) is 0 Å². The quantitative estimate of drug-likeness (QED) is 0.848. The molecule has 27 heavy (non-hydrogen) atoms. The van der Waals surface area contributed by atoms with E-state index in [1.165, 1.54) is 0 Å². The SMILES string of the molecule is CN(C(=O)C1CCN(C(=O)NC2CCC(C(=O)O)CC2)C1)c1ccccc1. The fraction of sp³-hybridized carbons (Fsp3) is 0.550. The molecule has 2 N–H and O–H groups in total. The number of carboxylic acid groups (broad SMARTS) is 1. The zero-order valence-corrected chi connectivity index (χ0v) is 15.6. The summed E-state index contributed by atoms with van der Waals surface area (Å²) in [4.78, 5) is 39.6. The van der Waals surface area contributed by atoms with Gasteiger partial charge in [0.25, 0.3) is 0 Å². The molecule has 7 heteroatoms. The average molecular weight is 373 g/mol. The number of carbonyl (C=O) groups is 3. The Hall–Kier alpha value is -2.57. The molecular weight excluding hydrogens is 346 g/mol. The molecule has 3 rings (SSSR count). The van der Waals surface area contributed by atoms with Crippen LogP contribution in [0.1, 0.15) is 32.1 Å². The van der Waals surface area contributed by atoms with Crippen molar-refractivity contribution in [3.8, 4) is 0 Å². The first kappa shape index (κ1) is 19.2. The van der Waals surface area contributed by atoms with Crippen LogP contribution < -0.4 is 10.2 Å². The predicted octanol–water partition coefficient (Wildman–Crippen LogP) is 2.32. The van der Waals surface area contributed by atoms with Gasteiger partial charge in [-0.15, -0.1) is 0 Å². The van der Waals surface area contributed by atoms with E-state index in [4.69, 9.17) is 5.11 Å². The van der Waals surface area contributed by atoms with Gasteiger partial charge in [0.15, 0.2) is 0 Å². The average Bonchev–Trinajstić information content (AvgIpc) is 3.18. The molecule has 0 radical (unpaired) electrons. The number of nitrogens with zero attached hydrogens (tertiary/aromatic N) is 2. The van der Waals surface area contributed by atoms with Crippen molar-refractivity contribution in [3.63, 3.8) is 0 Å². The van der Waals surface area contributed by atoms with Crippen LogP contribution >= 0.6 is 0 Å². The van der Waals surface area contributed by atoms with Crippen molar-refractivity contribution in [1.82, 2.24) is 10.2 Å². The number of hydrogen-bond donors (Lipinski definition) is 2. The maximum atomic E-state index is 12.7. The van der Waals surface area contributed by atoms with Crippen molar-refractivity contribution in [2.45, 2.75) is 38.1 Å². The van der Waals surface area contributed by atoms with Crippen molar-refractivity contribution < 1.29 is 19.5 Å². The summed E-state index contributed by atoms with van der Waals surface area (Å²) in [6.07, 6.45) is 3.24. The number of anilines is 1. The van der Waals surface area contributed by atoms with Crippen molar-refractivity contribution in [2.24, 2.45) is 11.8 Å². The van der Waals surface area contributed by atoms with Crippen molar-refractivity contribution >= 4 is 23.6 Å². The fourth-order valence-electron chi connectivity index (χ4n) is 3.95. The second-order valence-corrected chi connectivity index (χ2v) is 7.50. The summed E-state index contributed by atoms with van der Waals surface area (Å²) < 4.78 is 0. The maximum Gasteiger partial charge on any atom is 0.317 e. The van der Waals surface area contributed by atoms with E-state index in [9.17, 15) is 14.4 Å². The number of benzene rings is 1. The van der Waals surface area contributed by atoms with E-state index >= 15 is 0 Å². The number of amides is 3. The Bertz CT molecular complexity index is 686. The van der Waals surface area contributed by atoms with Crippen molar-refractivity contribution in [3.05, 3.63) is 30.3 Å². The first-order chi connectivity index (χ1) is 13.0.